The molecule has 0 fully saturated rings. The first-order chi connectivity index (χ1) is 14.1. The van der Waals surface area contributed by atoms with E-state index in [1.165, 1.54) is 27.8 Å². The van der Waals surface area contributed by atoms with Gasteiger partial charge in [0.1, 0.15) is 20.2 Å². The molecule has 146 valence electrons. The second kappa shape index (κ2) is 10.1. The van der Waals surface area contributed by atoms with Crippen molar-refractivity contribution in [2.45, 2.75) is 13.3 Å². The second-order valence-corrected chi connectivity index (χ2v) is 7.37. The van der Waals surface area contributed by atoms with Crippen LogP contribution in [0, 0.1) is 0 Å². The number of allylic oxidation sites excluding steroid dienone is 1. The van der Waals surface area contributed by atoms with E-state index in [1.807, 2.05) is 26.2 Å². The molecule has 0 atom stereocenters. The fourth-order valence-corrected chi connectivity index (χ4v) is 3.39. The summed E-state index contributed by atoms with van der Waals surface area (Å²) in [5.74, 6) is 0.894. The molecule has 0 saturated carbocycles. The molecule has 0 aromatic heterocycles. The van der Waals surface area contributed by atoms with E-state index in [-0.39, 0.29) is 0 Å². The highest BCUT2D eigenvalue weighted by atomic mass is 16.5. The Hall–Kier alpha value is -2.78. The largest absolute Gasteiger partial charge is 0.492 e. The molecule has 0 aliphatic carbocycles. The number of hydrogen-bond donors (Lipinski definition) is 0. The minimum absolute atomic E-state index is 0.678. The van der Waals surface area contributed by atoms with E-state index in [9.17, 15) is 0 Å². The van der Waals surface area contributed by atoms with Crippen LogP contribution in [0.2, 0.25) is 0 Å². The molecule has 0 aliphatic heterocycles. The third kappa shape index (κ3) is 5.62. The Morgan fingerprint density at radius 2 is 1.38 bits per heavy atom. The SMILES string of the molecule is [B]c1ccc(C(=C(CC)c2ccccc2)c2ccc(OCCN(C)C)cc2)cc1. The zero-order valence-electron chi connectivity index (χ0n) is 17.6. The molecule has 0 unspecified atom stereocenters. The normalized spacial score (nSPS) is 12.0. The average molecular weight is 381 g/mol. The first-order valence-corrected chi connectivity index (χ1v) is 10.1. The van der Waals surface area contributed by atoms with Crippen LogP contribution < -0.4 is 10.2 Å². The number of rotatable bonds is 8. The minimum Gasteiger partial charge on any atom is -0.492 e. The first-order valence-electron chi connectivity index (χ1n) is 10.1. The highest BCUT2D eigenvalue weighted by molar-refractivity contribution is 6.32. The van der Waals surface area contributed by atoms with Gasteiger partial charge in [0.2, 0.25) is 0 Å². The molecule has 2 radical (unpaired) electrons. The van der Waals surface area contributed by atoms with Crippen LogP contribution in [-0.2, 0) is 0 Å². The number of hydrogen-bond acceptors (Lipinski definition) is 2. The molecular formula is C26H28BNO. The Kier molecular flexibility index (Phi) is 7.32. The van der Waals surface area contributed by atoms with Crippen molar-refractivity contribution in [1.29, 1.82) is 0 Å². The molecule has 3 aromatic rings. The number of benzene rings is 3. The lowest BCUT2D eigenvalue weighted by molar-refractivity contribution is 0.261. The molecule has 3 rings (SSSR count). The zero-order chi connectivity index (χ0) is 20.6. The van der Waals surface area contributed by atoms with E-state index in [4.69, 9.17) is 12.6 Å². The van der Waals surface area contributed by atoms with Gasteiger partial charge in [-0.05, 0) is 60.5 Å². The van der Waals surface area contributed by atoms with Crippen molar-refractivity contribution in [1.82, 2.24) is 4.90 Å². The maximum atomic E-state index is 5.94. The van der Waals surface area contributed by atoms with Gasteiger partial charge in [-0.2, -0.15) is 0 Å². The number of ether oxygens (including phenoxy) is 1. The molecule has 0 spiro atoms. The van der Waals surface area contributed by atoms with Crippen LogP contribution in [0.25, 0.3) is 11.1 Å². The third-order valence-electron chi connectivity index (χ3n) is 4.93. The van der Waals surface area contributed by atoms with Crippen LogP contribution in [0.1, 0.15) is 30.0 Å². The summed E-state index contributed by atoms with van der Waals surface area (Å²) in [5.41, 5.74) is 6.91. The van der Waals surface area contributed by atoms with Crippen molar-refractivity contribution in [3.05, 3.63) is 95.6 Å². The Morgan fingerprint density at radius 3 is 1.93 bits per heavy atom. The molecule has 2 nitrogen and oxygen atoms in total. The van der Waals surface area contributed by atoms with Gasteiger partial charge in [0.15, 0.2) is 0 Å². The summed E-state index contributed by atoms with van der Waals surface area (Å²) < 4.78 is 5.87. The lowest BCUT2D eigenvalue weighted by Gasteiger charge is -2.17. The van der Waals surface area contributed by atoms with Gasteiger partial charge >= 0.3 is 0 Å². The molecule has 0 amide bonds. The van der Waals surface area contributed by atoms with Gasteiger partial charge in [-0.15, -0.1) is 0 Å². The lowest BCUT2D eigenvalue weighted by atomic mass is 9.86. The van der Waals surface area contributed by atoms with Gasteiger partial charge in [0.25, 0.3) is 0 Å². The predicted octanol–water partition coefficient (Wildman–Crippen LogP) is 4.79. The molecule has 0 aliphatic rings. The van der Waals surface area contributed by atoms with E-state index in [2.05, 4.69) is 78.6 Å². The van der Waals surface area contributed by atoms with Gasteiger partial charge in [-0.3, -0.25) is 0 Å². The summed E-state index contributed by atoms with van der Waals surface area (Å²) in [5, 5.41) is 0. The summed E-state index contributed by atoms with van der Waals surface area (Å²) >= 11 is 0. The third-order valence-corrected chi connectivity index (χ3v) is 4.93. The van der Waals surface area contributed by atoms with Crippen molar-refractivity contribution in [2.24, 2.45) is 0 Å². The van der Waals surface area contributed by atoms with Gasteiger partial charge < -0.3 is 9.64 Å². The zero-order valence-corrected chi connectivity index (χ0v) is 17.6. The molecule has 0 N–H and O–H groups in total. The average Bonchev–Trinajstić information content (AvgIpc) is 2.74. The fraction of sp³-hybridized carbons (Fsp3) is 0.231. The number of likely N-dealkylation sites (N-methyl/N-ethyl adjacent to an activating group) is 1. The van der Waals surface area contributed by atoms with Gasteiger partial charge in [0, 0.05) is 6.54 Å². The standard InChI is InChI=1S/C26H28BNO/c1-4-25(20-8-6-5-7-9-20)26(21-10-14-23(27)15-11-21)22-12-16-24(17-13-22)29-19-18-28(2)3/h5-17H,4,18-19H2,1-3H3. The van der Waals surface area contributed by atoms with Crippen LogP contribution in [0.15, 0.2) is 78.9 Å². The van der Waals surface area contributed by atoms with E-state index in [0.717, 1.165) is 24.2 Å². The Balaban J connectivity index is 2.02. The fourth-order valence-electron chi connectivity index (χ4n) is 3.39. The number of nitrogens with zero attached hydrogens (tertiary/aromatic N) is 1. The van der Waals surface area contributed by atoms with Gasteiger partial charge in [-0.25, -0.2) is 0 Å². The van der Waals surface area contributed by atoms with Crippen LogP contribution in [0.5, 0.6) is 5.75 Å². The smallest absolute Gasteiger partial charge is 0.119 e. The molecule has 3 heteroatoms. The van der Waals surface area contributed by atoms with Crippen LogP contribution >= 0.6 is 0 Å². The Morgan fingerprint density at radius 1 is 0.793 bits per heavy atom. The topological polar surface area (TPSA) is 12.5 Å². The quantitative estimate of drug-likeness (QED) is 0.411. The monoisotopic (exact) mass is 381 g/mol. The molecule has 3 aromatic carbocycles. The summed E-state index contributed by atoms with van der Waals surface area (Å²) in [7, 11) is 10.0. The molecule has 29 heavy (non-hydrogen) atoms. The van der Waals surface area contributed by atoms with E-state index >= 15 is 0 Å². The van der Waals surface area contributed by atoms with Gasteiger partial charge in [-0.1, -0.05) is 79.1 Å². The van der Waals surface area contributed by atoms with Crippen molar-refractivity contribution in [2.75, 3.05) is 27.2 Å². The Labute approximate surface area is 176 Å². The minimum atomic E-state index is 0.678. The molecular weight excluding hydrogens is 353 g/mol. The van der Waals surface area contributed by atoms with Crippen molar-refractivity contribution in [3.8, 4) is 5.75 Å². The van der Waals surface area contributed by atoms with Gasteiger partial charge in [0.05, 0.1) is 0 Å². The highest BCUT2D eigenvalue weighted by Gasteiger charge is 2.13. The van der Waals surface area contributed by atoms with E-state index in [1.54, 1.807) is 0 Å². The van der Waals surface area contributed by atoms with E-state index in [0.29, 0.717) is 6.61 Å². The second-order valence-electron chi connectivity index (χ2n) is 7.37. The highest BCUT2D eigenvalue weighted by Crippen LogP contribution is 2.34. The van der Waals surface area contributed by atoms with Crippen molar-refractivity contribution >= 4 is 24.5 Å². The first kappa shape index (κ1) is 20.9. The van der Waals surface area contributed by atoms with Crippen molar-refractivity contribution in [3.63, 3.8) is 0 Å². The Bertz CT molecular complexity index is 929. The maximum Gasteiger partial charge on any atom is 0.119 e. The predicted molar refractivity (Wildman–Crippen MR) is 125 cm³/mol. The summed E-state index contributed by atoms with van der Waals surface area (Å²) in [6.07, 6.45) is 0.935. The van der Waals surface area contributed by atoms with Crippen LogP contribution in [0.3, 0.4) is 0 Å². The summed E-state index contributed by atoms with van der Waals surface area (Å²) in [6, 6.07) is 27.1. The molecule has 0 heterocycles. The van der Waals surface area contributed by atoms with E-state index < -0.39 is 0 Å². The molecule has 0 bridgehead atoms. The van der Waals surface area contributed by atoms with Crippen LogP contribution in [0.4, 0.5) is 0 Å². The van der Waals surface area contributed by atoms with Crippen molar-refractivity contribution < 1.29 is 4.74 Å². The lowest BCUT2D eigenvalue weighted by Crippen LogP contribution is -2.19. The maximum absolute atomic E-state index is 5.94. The van der Waals surface area contributed by atoms with Crippen LogP contribution in [-0.4, -0.2) is 40.0 Å². The summed E-state index contributed by atoms with van der Waals surface area (Å²) in [4.78, 5) is 2.11. The molecule has 0 saturated heterocycles. The summed E-state index contributed by atoms with van der Waals surface area (Å²) in [6.45, 7) is 3.78.